The van der Waals surface area contributed by atoms with Crippen molar-refractivity contribution in [2.75, 3.05) is 6.61 Å². The van der Waals surface area contributed by atoms with Gasteiger partial charge in [-0.25, -0.2) is 13.8 Å². The predicted molar refractivity (Wildman–Crippen MR) is 71.0 cm³/mol. The topological polar surface area (TPSA) is 48.4 Å². The van der Waals surface area contributed by atoms with E-state index >= 15 is 0 Å². The minimum atomic E-state index is -0.994. The van der Waals surface area contributed by atoms with Crippen molar-refractivity contribution < 1.29 is 23.0 Å². The van der Waals surface area contributed by atoms with E-state index in [0.717, 1.165) is 12.1 Å². The van der Waals surface area contributed by atoms with Gasteiger partial charge in [0.15, 0.2) is 11.6 Å². The molecule has 2 rings (SSSR count). The minimum Gasteiger partial charge on any atom is -0.466 e. The first-order chi connectivity index (χ1) is 10.1. The van der Waals surface area contributed by atoms with Crippen LogP contribution in [0.2, 0.25) is 0 Å². The van der Waals surface area contributed by atoms with Crippen molar-refractivity contribution in [3.8, 4) is 11.6 Å². The Labute approximate surface area is 120 Å². The number of rotatable bonds is 5. The second-order valence-corrected chi connectivity index (χ2v) is 4.16. The SMILES string of the molecule is CCOC(=O)Cc1ccc(Oc2ccc(F)c(F)c2)nc1. The number of hydrogen-bond acceptors (Lipinski definition) is 4. The number of carbonyl (C=O) groups is 1. The lowest BCUT2D eigenvalue weighted by atomic mass is 10.2. The maximum absolute atomic E-state index is 13.0. The maximum atomic E-state index is 13.0. The zero-order valence-corrected chi connectivity index (χ0v) is 11.3. The van der Waals surface area contributed by atoms with Crippen molar-refractivity contribution in [3.63, 3.8) is 0 Å². The summed E-state index contributed by atoms with van der Waals surface area (Å²) in [7, 11) is 0. The second kappa shape index (κ2) is 6.78. The van der Waals surface area contributed by atoms with Gasteiger partial charge in [0.1, 0.15) is 5.75 Å². The smallest absolute Gasteiger partial charge is 0.310 e. The molecule has 0 atom stereocenters. The van der Waals surface area contributed by atoms with E-state index in [9.17, 15) is 13.6 Å². The third-order valence-electron chi connectivity index (χ3n) is 2.56. The average Bonchev–Trinajstić information content (AvgIpc) is 2.45. The van der Waals surface area contributed by atoms with Gasteiger partial charge in [-0.3, -0.25) is 4.79 Å². The van der Waals surface area contributed by atoms with E-state index in [1.165, 1.54) is 18.3 Å². The van der Waals surface area contributed by atoms with E-state index in [1.54, 1.807) is 13.0 Å². The Kier molecular flexibility index (Phi) is 4.81. The molecule has 0 bridgehead atoms. The van der Waals surface area contributed by atoms with E-state index in [1.807, 2.05) is 0 Å². The van der Waals surface area contributed by atoms with Crippen molar-refractivity contribution in [2.45, 2.75) is 13.3 Å². The molecule has 0 aliphatic heterocycles. The molecule has 0 unspecified atom stereocenters. The molecule has 2 aromatic rings. The van der Waals surface area contributed by atoms with Crippen LogP contribution in [0.15, 0.2) is 36.5 Å². The number of aromatic nitrogens is 1. The van der Waals surface area contributed by atoms with Gasteiger partial charge in [0.2, 0.25) is 5.88 Å². The molecule has 0 saturated heterocycles. The van der Waals surface area contributed by atoms with Gasteiger partial charge in [0.05, 0.1) is 13.0 Å². The second-order valence-electron chi connectivity index (χ2n) is 4.16. The molecule has 0 aliphatic rings. The summed E-state index contributed by atoms with van der Waals surface area (Å²) in [5.74, 6) is -1.92. The molecule has 0 amide bonds. The monoisotopic (exact) mass is 293 g/mol. The summed E-state index contributed by atoms with van der Waals surface area (Å²) in [6, 6.07) is 6.39. The first kappa shape index (κ1) is 14.9. The van der Waals surface area contributed by atoms with Crippen LogP contribution in [0, 0.1) is 11.6 Å². The number of esters is 1. The van der Waals surface area contributed by atoms with Crippen LogP contribution in [-0.2, 0) is 16.0 Å². The standard InChI is InChI=1S/C15H13F2NO3/c1-2-20-15(19)7-10-3-6-14(18-9-10)21-11-4-5-12(16)13(17)8-11/h3-6,8-9H,2,7H2,1H3. The third kappa shape index (κ3) is 4.24. The number of halogens is 2. The number of carbonyl (C=O) groups excluding carboxylic acids is 1. The fraction of sp³-hybridized carbons (Fsp3) is 0.200. The zero-order valence-electron chi connectivity index (χ0n) is 11.3. The summed E-state index contributed by atoms with van der Waals surface area (Å²) < 4.78 is 35.9. The van der Waals surface area contributed by atoms with Gasteiger partial charge in [-0.05, 0) is 24.6 Å². The fourth-order valence-electron chi connectivity index (χ4n) is 1.62. The number of ether oxygens (including phenoxy) is 2. The number of benzene rings is 1. The summed E-state index contributed by atoms with van der Waals surface area (Å²) in [5, 5.41) is 0. The Hall–Kier alpha value is -2.50. The highest BCUT2D eigenvalue weighted by Crippen LogP contribution is 2.21. The molecule has 0 saturated carbocycles. The van der Waals surface area contributed by atoms with E-state index in [4.69, 9.17) is 9.47 Å². The molecule has 1 aromatic heterocycles. The number of pyridine rings is 1. The van der Waals surface area contributed by atoms with Crippen LogP contribution >= 0.6 is 0 Å². The summed E-state index contributed by atoms with van der Waals surface area (Å²) in [6.07, 6.45) is 1.58. The van der Waals surface area contributed by atoms with E-state index in [0.29, 0.717) is 12.2 Å². The number of hydrogen-bond donors (Lipinski definition) is 0. The molecule has 0 spiro atoms. The fourth-order valence-corrected chi connectivity index (χ4v) is 1.62. The Morgan fingerprint density at radius 2 is 2.00 bits per heavy atom. The van der Waals surface area contributed by atoms with Crippen molar-refractivity contribution >= 4 is 5.97 Å². The van der Waals surface area contributed by atoms with Gasteiger partial charge >= 0.3 is 5.97 Å². The molecule has 21 heavy (non-hydrogen) atoms. The Morgan fingerprint density at radius 3 is 2.62 bits per heavy atom. The van der Waals surface area contributed by atoms with Crippen LogP contribution in [-0.4, -0.2) is 17.6 Å². The summed E-state index contributed by atoms with van der Waals surface area (Å²) in [6.45, 7) is 2.05. The first-order valence-electron chi connectivity index (χ1n) is 6.32. The Bertz CT molecular complexity index is 629. The van der Waals surface area contributed by atoms with Crippen molar-refractivity contribution in [2.24, 2.45) is 0 Å². The zero-order chi connectivity index (χ0) is 15.2. The highest BCUT2D eigenvalue weighted by molar-refractivity contribution is 5.72. The van der Waals surface area contributed by atoms with Crippen LogP contribution in [0.1, 0.15) is 12.5 Å². The summed E-state index contributed by atoms with van der Waals surface area (Å²) in [4.78, 5) is 15.3. The van der Waals surface area contributed by atoms with Crippen LogP contribution in [0.5, 0.6) is 11.6 Å². The van der Waals surface area contributed by atoms with Crippen molar-refractivity contribution in [1.29, 1.82) is 0 Å². The molecule has 6 heteroatoms. The molecule has 0 aliphatic carbocycles. The van der Waals surface area contributed by atoms with Gasteiger partial charge < -0.3 is 9.47 Å². The first-order valence-corrected chi connectivity index (χ1v) is 6.32. The quantitative estimate of drug-likeness (QED) is 0.794. The summed E-state index contributed by atoms with van der Waals surface area (Å²) >= 11 is 0. The molecule has 0 fully saturated rings. The Balaban J connectivity index is 2.01. The van der Waals surface area contributed by atoms with E-state index in [-0.39, 0.29) is 24.0 Å². The molecule has 1 heterocycles. The van der Waals surface area contributed by atoms with Crippen LogP contribution in [0.4, 0.5) is 8.78 Å². The largest absolute Gasteiger partial charge is 0.466 e. The van der Waals surface area contributed by atoms with Gasteiger partial charge in [-0.15, -0.1) is 0 Å². The molecule has 4 nitrogen and oxygen atoms in total. The lowest BCUT2D eigenvalue weighted by Gasteiger charge is -2.06. The summed E-state index contributed by atoms with van der Waals surface area (Å²) in [5.41, 5.74) is 0.672. The predicted octanol–water partition coefficient (Wildman–Crippen LogP) is 3.26. The third-order valence-corrected chi connectivity index (χ3v) is 2.56. The van der Waals surface area contributed by atoms with Crippen LogP contribution < -0.4 is 4.74 Å². The van der Waals surface area contributed by atoms with Gasteiger partial charge in [0, 0.05) is 18.3 Å². The van der Waals surface area contributed by atoms with Gasteiger partial charge in [-0.1, -0.05) is 6.07 Å². The highest BCUT2D eigenvalue weighted by Gasteiger charge is 2.07. The minimum absolute atomic E-state index is 0.117. The normalized spacial score (nSPS) is 10.2. The lowest BCUT2D eigenvalue weighted by molar-refractivity contribution is -0.142. The Morgan fingerprint density at radius 1 is 1.19 bits per heavy atom. The molecule has 0 radical (unpaired) electrons. The van der Waals surface area contributed by atoms with Crippen molar-refractivity contribution in [1.82, 2.24) is 4.98 Å². The maximum Gasteiger partial charge on any atom is 0.310 e. The lowest BCUT2D eigenvalue weighted by Crippen LogP contribution is -2.07. The van der Waals surface area contributed by atoms with Gasteiger partial charge in [0.25, 0.3) is 0 Å². The molecular formula is C15H13F2NO3. The van der Waals surface area contributed by atoms with Gasteiger partial charge in [-0.2, -0.15) is 0 Å². The highest BCUT2D eigenvalue weighted by atomic mass is 19.2. The number of nitrogens with zero attached hydrogens (tertiary/aromatic N) is 1. The van der Waals surface area contributed by atoms with E-state index < -0.39 is 11.6 Å². The molecule has 1 aromatic carbocycles. The molecule has 0 N–H and O–H groups in total. The van der Waals surface area contributed by atoms with Crippen molar-refractivity contribution in [3.05, 3.63) is 53.7 Å². The molecule has 110 valence electrons. The van der Waals surface area contributed by atoms with Crippen LogP contribution in [0.25, 0.3) is 0 Å². The van der Waals surface area contributed by atoms with E-state index in [2.05, 4.69) is 4.98 Å². The average molecular weight is 293 g/mol. The molecular weight excluding hydrogens is 280 g/mol. The van der Waals surface area contributed by atoms with Crippen LogP contribution in [0.3, 0.4) is 0 Å².